The van der Waals surface area contributed by atoms with Gasteiger partial charge in [-0.15, -0.1) is 21.5 Å². The van der Waals surface area contributed by atoms with E-state index in [0.717, 1.165) is 0 Å². The highest BCUT2D eigenvalue weighted by Gasteiger charge is 2.20. The Morgan fingerprint density at radius 2 is 2.09 bits per heavy atom. The van der Waals surface area contributed by atoms with Crippen molar-refractivity contribution in [3.63, 3.8) is 0 Å². The summed E-state index contributed by atoms with van der Waals surface area (Å²) in [6.07, 6.45) is 0. The van der Waals surface area contributed by atoms with E-state index < -0.39 is 0 Å². The number of amides is 1. The lowest BCUT2D eigenvalue weighted by atomic mass is 10.2. The molecule has 0 aliphatic carbocycles. The number of carbonyl (C=O) groups is 1. The van der Waals surface area contributed by atoms with Crippen LogP contribution in [0.2, 0.25) is 0 Å². The zero-order valence-corrected chi connectivity index (χ0v) is 14.2. The number of ether oxygens (including phenoxy) is 1. The molecule has 3 aromatic rings. The minimum absolute atomic E-state index is 0.237. The van der Waals surface area contributed by atoms with Crippen molar-refractivity contribution in [3.05, 3.63) is 31.6 Å². The number of hydrogen-bond donors (Lipinski definition) is 2. The monoisotopic (exact) mass is 351 g/mol. The van der Waals surface area contributed by atoms with Gasteiger partial charge in [-0.3, -0.25) is 14.9 Å². The fourth-order valence-electron chi connectivity index (χ4n) is 2.11. The van der Waals surface area contributed by atoms with Gasteiger partial charge in [0.2, 0.25) is 5.13 Å². The number of aromatic nitrogens is 4. The molecule has 3 rings (SSSR count). The number of H-pyrrole nitrogens is 1. The summed E-state index contributed by atoms with van der Waals surface area (Å²) in [4.78, 5) is 32.4. The smallest absolute Gasteiger partial charge is 0.267 e. The van der Waals surface area contributed by atoms with Gasteiger partial charge in [0, 0.05) is 7.11 Å². The molecule has 10 heteroatoms. The highest BCUT2D eigenvalue weighted by atomic mass is 32.1. The van der Waals surface area contributed by atoms with Crippen LogP contribution in [0.25, 0.3) is 10.2 Å². The average Bonchev–Trinajstić information content (AvgIpc) is 3.04. The first-order valence-corrected chi connectivity index (χ1v) is 8.25. The number of carbonyl (C=O) groups excluding carboxylic acids is 1. The normalized spacial score (nSPS) is 11.1. The minimum atomic E-state index is -0.331. The maximum atomic E-state index is 12.4. The van der Waals surface area contributed by atoms with Crippen molar-refractivity contribution >= 4 is 43.9 Å². The van der Waals surface area contributed by atoms with Gasteiger partial charge in [0.15, 0.2) is 0 Å². The first kappa shape index (κ1) is 15.7. The number of rotatable bonds is 4. The lowest BCUT2D eigenvalue weighted by Crippen LogP contribution is -2.12. The fraction of sp³-hybridized carbons (Fsp3) is 0.308. The Morgan fingerprint density at radius 1 is 1.30 bits per heavy atom. The van der Waals surface area contributed by atoms with Crippen LogP contribution in [-0.4, -0.2) is 33.2 Å². The Hall–Kier alpha value is -2.17. The second kappa shape index (κ2) is 6.14. The van der Waals surface area contributed by atoms with E-state index in [0.29, 0.717) is 43.2 Å². The van der Waals surface area contributed by atoms with Crippen LogP contribution in [0.15, 0.2) is 4.79 Å². The summed E-state index contributed by atoms with van der Waals surface area (Å²) in [7, 11) is 1.56. The number of aromatic amines is 1. The topological polar surface area (TPSA) is 110 Å². The maximum Gasteiger partial charge on any atom is 0.267 e. The third-order valence-electron chi connectivity index (χ3n) is 3.08. The molecule has 0 atom stereocenters. The van der Waals surface area contributed by atoms with Crippen LogP contribution in [0, 0.1) is 13.8 Å². The average molecular weight is 351 g/mol. The highest BCUT2D eigenvalue weighted by molar-refractivity contribution is 7.21. The highest BCUT2D eigenvalue weighted by Crippen LogP contribution is 2.28. The summed E-state index contributed by atoms with van der Waals surface area (Å²) >= 11 is 2.43. The molecule has 2 N–H and O–H groups in total. The molecule has 0 fully saturated rings. The second-order valence-corrected chi connectivity index (χ2v) is 6.84. The van der Waals surface area contributed by atoms with Gasteiger partial charge in [0.05, 0.1) is 10.3 Å². The van der Waals surface area contributed by atoms with E-state index in [1.165, 1.54) is 22.7 Å². The zero-order chi connectivity index (χ0) is 16.6. The van der Waals surface area contributed by atoms with Gasteiger partial charge in [-0.2, -0.15) is 0 Å². The maximum absolute atomic E-state index is 12.4. The molecule has 0 saturated heterocycles. The summed E-state index contributed by atoms with van der Waals surface area (Å²) in [6, 6.07) is 0. The van der Waals surface area contributed by atoms with Gasteiger partial charge < -0.3 is 9.72 Å². The third-order valence-corrected chi connectivity index (χ3v) is 5.08. The quantitative estimate of drug-likeness (QED) is 0.742. The standard InChI is InChI=1S/C13H13N5O3S2/c1-5-8-10(19)14-6(2)15-12(8)23-9(5)11(20)16-13-18-17-7(22-13)4-21-3/h4H2,1-3H3,(H,14,15,19)(H,16,18,20). The predicted molar refractivity (Wildman–Crippen MR) is 88.3 cm³/mol. The van der Waals surface area contributed by atoms with E-state index in [2.05, 4.69) is 25.5 Å². The lowest BCUT2D eigenvalue weighted by Gasteiger charge is -1.99. The molecule has 1 amide bonds. The molecule has 8 nitrogen and oxygen atoms in total. The van der Waals surface area contributed by atoms with E-state index in [1.807, 2.05) is 0 Å². The molecule has 23 heavy (non-hydrogen) atoms. The van der Waals surface area contributed by atoms with Gasteiger partial charge in [0.25, 0.3) is 11.5 Å². The SMILES string of the molecule is COCc1nnc(NC(=O)c2sc3nc(C)[nH]c(=O)c3c2C)s1. The molecule has 0 unspecified atom stereocenters. The number of aryl methyl sites for hydroxylation is 2. The van der Waals surface area contributed by atoms with Crippen molar-refractivity contribution in [2.24, 2.45) is 0 Å². The Kier molecular flexibility index (Phi) is 4.20. The molecular formula is C13H13N5O3S2. The van der Waals surface area contributed by atoms with Crippen LogP contribution in [-0.2, 0) is 11.3 Å². The van der Waals surface area contributed by atoms with Crippen LogP contribution in [0.5, 0.6) is 0 Å². The number of nitrogens with one attached hydrogen (secondary N) is 2. The predicted octanol–water partition coefficient (Wildman–Crippen LogP) is 1.85. The van der Waals surface area contributed by atoms with Gasteiger partial charge >= 0.3 is 0 Å². The number of thiophene rings is 1. The van der Waals surface area contributed by atoms with E-state index in [-0.39, 0.29) is 11.5 Å². The molecule has 0 spiro atoms. The summed E-state index contributed by atoms with van der Waals surface area (Å²) in [5.41, 5.74) is 0.372. The molecular weight excluding hydrogens is 338 g/mol. The van der Waals surface area contributed by atoms with Gasteiger partial charge in [0.1, 0.15) is 22.3 Å². The molecule has 120 valence electrons. The van der Waals surface area contributed by atoms with Crippen molar-refractivity contribution in [2.45, 2.75) is 20.5 Å². The van der Waals surface area contributed by atoms with Crippen molar-refractivity contribution in [1.82, 2.24) is 20.2 Å². The Balaban J connectivity index is 1.93. The number of hydrogen-bond acceptors (Lipinski definition) is 8. The number of fused-ring (bicyclic) bond motifs is 1. The van der Waals surface area contributed by atoms with E-state index in [9.17, 15) is 9.59 Å². The third kappa shape index (κ3) is 3.00. The van der Waals surface area contributed by atoms with Crippen molar-refractivity contribution in [3.8, 4) is 0 Å². The van der Waals surface area contributed by atoms with E-state index in [1.54, 1.807) is 21.0 Å². The van der Waals surface area contributed by atoms with Gasteiger partial charge in [-0.1, -0.05) is 11.3 Å². The summed E-state index contributed by atoms with van der Waals surface area (Å²) in [6.45, 7) is 3.78. The van der Waals surface area contributed by atoms with Gasteiger partial charge in [-0.25, -0.2) is 4.98 Å². The fourth-order valence-corrected chi connectivity index (χ4v) is 3.94. The number of anilines is 1. The first-order chi connectivity index (χ1) is 11.0. The molecule has 0 saturated carbocycles. The summed E-state index contributed by atoms with van der Waals surface area (Å²) in [5.74, 6) is 0.187. The second-order valence-electron chi connectivity index (χ2n) is 4.78. The van der Waals surface area contributed by atoms with Crippen molar-refractivity contribution in [1.29, 1.82) is 0 Å². The Bertz CT molecular complexity index is 943. The number of nitrogens with zero attached hydrogens (tertiary/aromatic N) is 3. The molecule has 0 bridgehead atoms. The van der Waals surface area contributed by atoms with Crippen molar-refractivity contribution < 1.29 is 9.53 Å². The molecule has 3 heterocycles. The molecule has 0 aliphatic rings. The van der Waals surface area contributed by atoms with Gasteiger partial charge in [-0.05, 0) is 19.4 Å². The molecule has 0 aromatic carbocycles. The summed E-state index contributed by atoms with van der Waals surface area (Å²) < 4.78 is 4.97. The Morgan fingerprint density at radius 3 is 2.83 bits per heavy atom. The van der Waals surface area contributed by atoms with Crippen molar-refractivity contribution in [2.75, 3.05) is 12.4 Å². The van der Waals surface area contributed by atoms with Crippen LogP contribution in [0.3, 0.4) is 0 Å². The zero-order valence-electron chi connectivity index (χ0n) is 12.6. The van der Waals surface area contributed by atoms with Crippen LogP contribution in [0.4, 0.5) is 5.13 Å². The molecule has 3 aromatic heterocycles. The number of methoxy groups -OCH3 is 1. The molecule has 0 aliphatic heterocycles. The van der Waals surface area contributed by atoms with E-state index in [4.69, 9.17) is 4.74 Å². The minimum Gasteiger partial charge on any atom is -0.377 e. The van der Waals surface area contributed by atoms with E-state index >= 15 is 0 Å². The van der Waals surface area contributed by atoms with Crippen LogP contribution >= 0.6 is 22.7 Å². The largest absolute Gasteiger partial charge is 0.377 e. The van der Waals surface area contributed by atoms with Crippen LogP contribution in [0.1, 0.15) is 26.1 Å². The lowest BCUT2D eigenvalue weighted by molar-refractivity contribution is 0.103. The Labute approximate surface area is 138 Å². The first-order valence-electron chi connectivity index (χ1n) is 6.62. The summed E-state index contributed by atoms with van der Waals surface area (Å²) in [5, 5.41) is 12.0. The molecule has 0 radical (unpaired) electrons. The van der Waals surface area contributed by atoms with Crippen LogP contribution < -0.4 is 10.9 Å².